The number of carbonyl (C=O) groups is 1. The van der Waals surface area contributed by atoms with E-state index in [1.807, 2.05) is 42.8 Å². The lowest BCUT2D eigenvalue weighted by Gasteiger charge is -2.16. The Morgan fingerprint density at radius 1 is 1.41 bits per heavy atom. The van der Waals surface area contributed by atoms with Crippen molar-refractivity contribution in [3.8, 4) is 11.3 Å². The number of aliphatic hydroxyl groups excluding tert-OH is 1. The molecule has 1 atom stereocenters. The molecule has 0 radical (unpaired) electrons. The molecule has 1 aromatic carbocycles. The number of thioether (sulfide) groups is 1. The lowest BCUT2D eigenvalue weighted by molar-refractivity contribution is 0.0935. The highest BCUT2D eigenvalue weighted by Gasteiger charge is 2.13. The number of thiazole rings is 1. The molecule has 0 saturated carbocycles. The van der Waals surface area contributed by atoms with Gasteiger partial charge >= 0.3 is 0 Å². The maximum Gasteiger partial charge on any atom is 0.251 e. The zero-order valence-electron chi connectivity index (χ0n) is 12.7. The van der Waals surface area contributed by atoms with Crippen LogP contribution in [0.4, 0.5) is 0 Å². The first kappa shape index (κ1) is 17.0. The summed E-state index contributed by atoms with van der Waals surface area (Å²) in [6, 6.07) is 7.45. The number of benzene rings is 1. The van der Waals surface area contributed by atoms with Crippen LogP contribution < -0.4 is 5.32 Å². The highest BCUT2D eigenvalue weighted by Crippen LogP contribution is 2.21. The molecule has 2 rings (SSSR count). The number of nitrogens with zero attached hydrogens (tertiary/aromatic N) is 1. The number of aliphatic hydroxyl groups is 1. The van der Waals surface area contributed by atoms with Crippen LogP contribution >= 0.6 is 23.1 Å². The fraction of sp³-hybridized carbons (Fsp3) is 0.375. The van der Waals surface area contributed by atoms with Gasteiger partial charge in [-0.3, -0.25) is 4.79 Å². The Labute approximate surface area is 139 Å². The van der Waals surface area contributed by atoms with Gasteiger partial charge < -0.3 is 10.4 Å². The molecule has 2 N–H and O–H groups in total. The Hall–Kier alpha value is -1.37. The van der Waals surface area contributed by atoms with E-state index >= 15 is 0 Å². The predicted molar refractivity (Wildman–Crippen MR) is 93.6 cm³/mol. The molecule has 1 heterocycles. The van der Waals surface area contributed by atoms with E-state index in [1.54, 1.807) is 23.1 Å². The summed E-state index contributed by atoms with van der Waals surface area (Å²) in [5.74, 6) is 0.691. The Morgan fingerprint density at radius 2 is 2.14 bits per heavy atom. The molecule has 2 aromatic rings. The zero-order valence-corrected chi connectivity index (χ0v) is 14.3. The van der Waals surface area contributed by atoms with Crippen molar-refractivity contribution in [2.24, 2.45) is 0 Å². The van der Waals surface area contributed by atoms with Gasteiger partial charge in [-0.2, -0.15) is 11.8 Å². The summed E-state index contributed by atoms with van der Waals surface area (Å²) < 4.78 is 0. The second-order valence-corrected chi connectivity index (χ2v) is 6.94. The summed E-state index contributed by atoms with van der Waals surface area (Å²) in [5, 5.41) is 15.1. The third kappa shape index (κ3) is 4.56. The van der Waals surface area contributed by atoms with Crippen molar-refractivity contribution in [1.29, 1.82) is 0 Å². The van der Waals surface area contributed by atoms with Crippen molar-refractivity contribution in [3.63, 3.8) is 0 Å². The lowest BCUT2D eigenvalue weighted by atomic mass is 10.1. The maximum absolute atomic E-state index is 12.2. The highest BCUT2D eigenvalue weighted by molar-refractivity contribution is 7.98. The molecule has 6 heteroatoms. The summed E-state index contributed by atoms with van der Waals surface area (Å²) in [4.78, 5) is 16.7. The number of amides is 1. The van der Waals surface area contributed by atoms with Crippen molar-refractivity contribution >= 4 is 29.0 Å². The quantitative estimate of drug-likeness (QED) is 0.816. The largest absolute Gasteiger partial charge is 0.396 e. The fourth-order valence-corrected chi connectivity index (χ4v) is 3.39. The van der Waals surface area contributed by atoms with Gasteiger partial charge in [0.25, 0.3) is 5.91 Å². The Kier molecular flexibility index (Phi) is 6.42. The first-order valence-electron chi connectivity index (χ1n) is 7.07. The van der Waals surface area contributed by atoms with E-state index in [2.05, 4.69) is 10.3 Å². The van der Waals surface area contributed by atoms with Gasteiger partial charge in [0.2, 0.25) is 0 Å². The Balaban J connectivity index is 2.04. The molecule has 0 aliphatic heterocycles. The molecule has 0 spiro atoms. The number of hydrogen-bond acceptors (Lipinski definition) is 5. The van der Waals surface area contributed by atoms with Gasteiger partial charge in [-0.15, -0.1) is 11.3 Å². The van der Waals surface area contributed by atoms with E-state index in [0.717, 1.165) is 22.0 Å². The van der Waals surface area contributed by atoms with Crippen molar-refractivity contribution < 1.29 is 9.90 Å². The molecule has 1 aromatic heterocycles. The van der Waals surface area contributed by atoms with Crippen molar-refractivity contribution in [3.05, 3.63) is 40.2 Å². The average molecular weight is 336 g/mol. The third-order valence-corrected chi connectivity index (χ3v) is 4.75. The smallest absolute Gasteiger partial charge is 0.251 e. The molecule has 0 bridgehead atoms. The van der Waals surface area contributed by atoms with Crippen LogP contribution in [-0.4, -0.2) is 40.7 Å². The van der Waals surface area contributed by atoms with E-state index in [9.17, 15) is 4.79 Å². The van der Waals surface area contributed by atoms with Crippen LogP contribution in [0.5, 0.6) is 0 Å². The molecule has 0 aliphatic rings. The van der Waals surface area contributed by atoms with E-state index in [-0.39, 0.29) is 18.6 Å². The van der Waals surface area contributed by atoms with Gasteiger partial charge in [0.15, 0.2) is 0 Å². The summed E-state index contributed by atoms with van der Waals surface area (Å²) in [6.07, 6.45) is 2.56. The molecule has 118 valence electrons. The fourth-order valence-electron chi connectivity index (χ4n) is 2.11. The van der Waals surface area contributed by atoms with Crippen molar-refractivity contribution in [2.75, 3.05) is 18.6 Å². The standard InChI is InChI=1S/C16H20N2O2S2/c1-11-17-15(10-22-11)12-3-5-13(6-4-12)16(20)18-14(7-8-19)9-21-2/h3-6,10,14,19H,7-9H2,1-2H3,(H,18,20)/t14-/m1/s1. The van der Waals surface area contributed by atoms with Crippen LogP contribution in [0.1, 0.15) is 21.8 Å². The van der Waals surface area contributed by atoms with Gasteiger partial charge in [-0.25, -0.2) is 4.98 Å². The lowest BCUT2D eigenvalue weighted by Crippen LogP contribution is -2.37. The molecule has 0 fully saturated rings. The van der Waals surface area contributed by atoms with Crippen LogP contribution in [0, 0.1) is 6.92 Å². The molecule has 0 aliphatic carbocycles. The minimum absolute atomic E-state index is 0.00614. The predicted octanol–water partition coefficient (Wildman–Crippen LogP) is 2.96. The zero-order chi connectivity index (χ0) is 15.9. The summed E-state index contributed by atoms with van der Waals surface area (Å²) >= 11 is 3.27. The molecule has 0 saturated heterocycles. The van der Waals surface area contributed by atoms with Crippen molar-refractivity contribution in [1.82, 2.24) is 10.3 Å². The first-order valence-corrected chi connectivity index (χ1v) is 9.34. The van der Waals surface area contributed by atoms with Crippen LogP contribution in [0.25, 0.3) is 11.3 Å². The van der Waals surface area contributed by atoms with Crippen LogP contribution in [0.2, 0.25) is 0 Å². The topological polar surface area (TPSA) is 62.2 Å². The van der Waals surface area contributed by atoms with Gasteiger partial charge in [-0.1, -0.05) is 12.1 Å². The van der Waals surface area contributed by atoms with Gasteiger partial charge in [0.1, 0.15) is 0 Å². The second-order valence-electron chi connectivity index (χ2n) is 4.97. The normalized spacial score (nSPS) is 12.1. The van der Waals surface area contributed by atoms with E-state index in [4.69, 9.17) is 5.11 Å². The second kappa shape index (κ2) is 8.31. The van der Waals surface area contributed by atoms with Crippen LogP contribution in [0.15, 0.2) is 29.6 Å². The van der Waals surface area contributed by atoms with Crippen LogP contribution in [-0.2, 0) is 0 Å². The minimum atomic E-state index is -0.103. The molecule has 1 amide bonds. The third-order valence-electron chi connectivity index (χ3n) is 3.24. The molecule has 22 heavy (non-hydrogen) atoms. The number of rotatable bonds is 7. The maximum atomic E-state index is 12.2. The van der Waals surface area contributed by atoms with E-state index < -0.39 is 0 Å². The first-order chi connectivity index (χ1) is 10.6. The highest BCUT2D eigenvalue weighted by atomic mass is 32.2. The SMILES string of the molecule is CSC[C@@H](CCO)NC(=O)c1ccc(-c2csc(C)n2)cc1. The molecule has 4 nitrogen and oxygen atoms in total. The van der Waals surface area contributed by atoms with Gasteiger partial charge in [-0.05, 0) is 31.7 Å². The minimum Gasteiger partial charge on any atom is -0.396 e. The number of aryl methyl sites for hydroxylation is 1. The van der Waals surface area contributed by atoms with E-state index in [0.29, 0.717) is 12.0 Å². The van der Waals surface area contributed by atoms with Gasteiger partial charge in [0.05, 0.1) is 10.7 Å². The number of carbonyl (C=O) groups excluding carboxylic acids is 1. The monoisotopic (exact) mass is 336 g/mol. The molecular weight excluding hydrogens is 316 g/mol. The van der Waals surface area contributed by atoms with Crippen LogP contribution in [0.3, 0.4) is 0 Å². The summed E-state index contributed by atoms with van der Waals surface area (Å²) in [5.41, 5.74) is 2.58. The van der Waals surface area contributed by atoms with E-state index in [1.165, 1.54) is 0 Å². The summed E-state index contributed by atoms with van der Waals surface area (Å²) in [7, 11) is 0. The van der Waals surface area contributed by atoms with Gasteiger partial charge in [0, 0.05) is 34.9 Å². The number of aromatic nitrogens is 1. The van der Waals surface area contributed by atoms with Crippen molar-refractivity contribution in [2.45, 2.75) is 19.4 Å². The Morgan fingerprint density at radius 3 is 2.68 bits per heavy atom. The number of hydrogen-bond donors (Lipinski definition) is 2. The molecular formula is C16H20N2O2S2. The molecule has 0 unspecified atom stereocenters. The average Bonchev–Trinajstić information content (AvgIpc) is 2.94. The summed E-state index contributed by atoms with van der Waals surface area (Å²) in [6.45, 7) is 2.05. The Bertz CT molecular complexity index is 605. The number of nitrogens with one attached hydrogen (secondary N) is 1.